The minimum absolute atomic E-state index is 0.0102. The fourth-order valence-electron chi connectivity index (χ4n) is 7.36. The summed E-state index contributed by atoms with van der Waals surface area (Å²) < 4.78 is 5.82. The molecule has 7 rings (SSSR count). The molecule has 3 N–H and O–H groups in total. The Kier molecular flexibility index (Phi) is 12.0. The van der Waals surface area contributed by atoms with Gasteiger partial charge in [-0.2, -0.15) is 0 Å². The molecule has 1 aliphatic carbocycles. The van der Waals surface area contributed by atoms with E-state index in [0.717, 1.165) is 44.5 Å². The lowest BCUT2D eigenvalue weighted by Crippen LogP contribution is -2.58. The molecule has 5 amide bonds. The highest BCUT2D eigenvalue weighted by Crippen LogP contribution is 2.44. The Morgan fingerprint density at radius 3 is 1.91 bits per heavy atom. The summed E-state index contributed by atoms with van der Waals surface area (Å²) in [5, 5.41) is 5.67. The van der Waals surface area contributed by atoms with Gasteiger partial charge < -0.3 is 15.0 Å². The Balaban J connectivity index is 1.04. The minimum Gasteiger partial charge on any atom is -0.447 e. The molecular weight excluding hydrogens is 705 g/mol. The number of hydrogen-bond donors (Lipinski definition) is 3. The quantitative estimate of drug-likeness (QED) is 0.130. The zero-order valence-corrected chi connectivity index (χ0v) is 31.4. The van der Waals surface area contributed by atoms with E-state index in [9.17, 15) is 19.2 Å². The molecule has 0 saturated carbocycles. The number of ether oxygens (including phenoxy) is 1. The predicted molar refractivity (Wildman–Crippen MR) is 213 cm³/mol. The van der Waals surface area contributed by atoms with Crippen LogP contribution in [0.25, 0.3) is 11.1 Å². The zero-order valence-electron chi connectivity index (χ0n) is 31.4. The van der Waals surface area contributed by atoms with Crippen LogP contribution in [0.15, 0.2) is 133 Å². The maximum absolute atomic E-state index is 14.4. The smallest absolute Gasteiger partial charge is 0.426 e. The van der Waals surface area contributed by atoms with Crippen molar-refractivity contribution in [3.05, 3.63) is 167 Å². The Labute approximate surface area is 327 Å². The van der Waals surface area contributed by atoms with Crippen molar-refractivity contribution in [2.24, 2.45) is 0 Å². The lowest BCUT2D eigenvalue weighted by molar-refractivity contribution is -0.143. The number of hydrogen-bond acceptors (Lipinski definition) is 6. The molecule has 5 aromatic rings. The maximum atomic E-state index is 14.4. The standard InChI is InChI=1S/C45H46N6O5/c1-32-22-24-35(25-23-32)30-51(48-44(54)56-31-40-38-19-10-8-17-36(38)37-18-9-11-20-39(37)40)45(55)49-26-12-21-41(49)43(53)47-50(29-34-15-6-3-7-16-34)42(52)28-46-27-33-13-4-2-5-14-33/h2-11,13-20,22-25,40-41,46H,12,21,26-31H2,1H3,(H,47,53)(H,48,54)/t41-/m0/s1. The van der Waals surface area contributed by atoms with Crippen LogP contribution in [0.1, 0.15) is 52.1 Å². The summed E-state index contributed by atoms with van der Waals surface area (Å²) in [5.74, 6) is -0.970. The number of likely N-dealkylation sites (tertiary alicyclic amines) is 1. The number of fused-ring (bicyclic) bond motifs is 3. The highest BCUT2D eigenvalue weighted by Gasteiger charge is 2.38. The molecule has 1 heterocycles. The summed E-state index contributed by atoms with van der Waals surface area (Å²) in [7, 11) is 0. The second-order valence-corrected chi connectivity index (χ2v) is 14.2. The summed E-state index contributed by atoms with van der Waals surface area (Å²) in [4.78, 5) is 56.9. The third-order valence-corrected chi connectivity index (χ3v) is 10.2. The molecule has 0 bridgehead atoms. The number of nitrogens with zero attached hydrogens (tertiary/aromatic N) is 3. The lowest BCUT2D eigenvalue weighted by atomic mass is 9.98. The molecule has 1 fully saturated rings. The average Bonchev–Trinajstić information content (AvgIpc) is 3.84. The topological polar surface area (TPSA) is 123 Å². The van der Waals surface area contributed by atoms with Crippen LogP contribution in [0.2, 0.25) is 0 Å². The van der Waals surface area contributed by atoms with Crippen molar-refractivity contribution in [2.45, 2.75) is 51.4 Å². The van der Waals surface area contributed by atoms with E-state index in [-0.39, 0.29) is 38.1 Å². The minimum atomic E-state index is -0.879. The number of amides is 5. The number of carbonyl (C=O) groups excluding carboxylic acids is 4. The van der Waals surface area contributed by atoms with Crippen LogP contribution >= 0.6 is 0 Å². The summed E-state index contributed by atoms with van der Waals surface area (Å²) in [6, 6.07) is 41.5. The van der Waals surface area contributed by atoms with E-state index >= 15 is 0 Å². The van der Waals surface area contributed by atoms with Gasteiger partial charge in [0.1, 0.15) is 12.6 Å². The Morgan fingerprint density at radius 1 is 0.679 bits per heavy atom. The van der Waals surface area contributed by atoms with Crippen LogP contribution in [-0.2, 0) is 34.0 Å². The van der Waals surface area contributed by atoms with E-state index in [1.54, 1.807) is 0 Å². The number of hydrazine groups is 2. The van der Waals surface area contributed by atoms with Crippen molar-refractivity contribution in [3.63, 3.8) is 0 Å². The van der Waals surface area contributed by atoms with E-state index in [0.29, 0.717) is 25.9 Å². The molecule has 1 atom stereocenters. The van der Waals surface area contributed by atoms with Crippen molar-refractivity contribution in [1.82, 2.24) is 31.1 Å². The first-order chi connectivity index (χ1) is 27.3. The first-order valence-electron chi connectivity index (χ1n) is 19.0. The fraction of sp³-hybridized carbons (Fsp3) is 0.244. The van der Waals surface area contributed by atoms with E-state index in [4.69, 9.17) is 4.74 Å². The first-order valence-corrected chi connectivity index (χ1v) is 19.0. The molecule has 5 aromatic carbocycles. The second-order valence-electron chi connectivity index (χ2n) is 14.2. The van der Waals surface area contributed by atoms with Crippen LogP contribution in [-0.4, -0.2) is 64.6 Å². The zero-order chi connectivity index (χ0) is 38.9. The highest BCUT2D eigenvalue weighted by atomic mass is 16.6. The number of nitrogens with one attached hydrogen (secondary N) is 3. The molecule has 286 valence electrons. The molecule has 56 heavy (non-hydrogen) atoms. The van der Waals surface area contributed by atoms with Crippen LogP contribution < -0.4 is 16.2 Å². The molecule has 11 heteroatoms. The Bertz CT molecular complexity index is 2100. The van der Waals surface area contributed by atoms with Crippen LogP contribution in [0.4, 0.5) is 9.59 Å². The summed E-state index contributed by atoms with van der Waals surface area (Å²) in [6.45, 7) is 3.00. The van der Waals surface area contributed by atoms with Crippen molar-refractivity contribution >= 4 is 23.9 Å². The molecule has 0 spiro atoms. The van der Waals surface area contributed by atoms with Crippen LogP contribution in [0.3, 0.4) is 0 Å². The predicted octanol–water partition coefficient (Wildman–Crippen LogP) is 6.68. The molecule has 1 saturated heterocycles. The Hall–Kier alpha value is -6.46. The van der Waals surface area contributed by atoms with Gasteiger partial charge in [0, 0.05) is 19.0 Å². The van der Waals surface area contributed by atoms with Crippen molar-refractivity contribution in [2.75, 3.05) is 19.7 Å². The van der Waals surface area contributed by atoms with Gasteiger partial charge in [0.05, 0.1) is 19.6 Å². The summed E-state index contributed by atoms with van der Waals surface area (Å²) >= 11 is 0. The fourth-order valence-corrected chi connectivity index (χ4v) is 7.36. The Morgan fingerprint density at radius 2 is 1.25 bits per heavy atom. The van der Waals surface area contributed by atoms with E-state index < -0.39 is 24.1 Å². The van der Waals surface area contributed by atoms with Gasteiger partial charge in [-0.1, -0.05) is 139 Å². The molecule has 0 aromatic heterocycles. The molecule has 11 nitrogen and oxygen atoms in total. The number of aryl methyl sites for hydroxylation is 1. The second kappa shape index (κ2) is 17.8. The largest absolute Gasteiger partial charge is 0.447 e. The van der Waals surface area contributed by atoms with Gasteiger partial charge in [0.25, 0.3) is 11.8 Å². The highest BCUT2D eigenvalue weighted by molar-refractivity contribution is 5.90. The van der Waals surface area contributed by atoms with Gasteiger partial charge in [-0.15, -0.1) is 0 Å². The van der Waals surface area contributed by atoms with Gasteiger partial charge in [0.15, 0.2) is 0 Å². The number of benzene rings is 5. The van der Waals surface area contributed by atoms with Gasteiger partial charge in [-0.3, -0.25) is 15.0 Å². The number of rotatable bonds is 11. The van der Waals surface area contributed by atoms with Crippen molar-refractivity contribution in [3.8, 4) is 11.1 Å². The average molecular weight is 751 g/mol. The molecule has 0 radical (unpaired) electrons. The summed E-state index contributed by atoms with van der Waals surface area (Å²) in [5.41, 5.74) is 13.6. The third kappa shape index (κ3) is 9.07. The van der Waals surface area contributed by atoms with Crippen molar-refractivity contribution < 1.29 is 23.9 Å². The molecule has 1 aliphatic heterocycles. The third-order valence-electron chi connectivity index (χ3n) is 10.2. The van der Waals surface area contributed by atoms with Gasteiger partial charge >= 0.3 is 12.1 Å². The van der Waals surface area contributed by atoms with Crippen LogP contribution in [0.5, 0.6) is 0 Å². The van der Waals surface area contributed by atoms with Crippen LogP contribution in [0, 0.1) is 6.92 Å². The molecular formula is C45H46N6O5. The lowest BCUT2D eigenvalue weighted by Gasteiger charge is -2.32. The SMILES string of the molecule is Cc1ccc(CN(NC(=O)OCC2c3ccccc3-c3ccccc32)C(=O)N2CCC[C@H]2C(=O)NN(Cc2ccccc2)C(=O)CNCc2ccccc2)cc1. The number of carbonyl (C=O) groups is 4. The van der Waals surface area contributed by atoms with E-state index in [2.05, 4.69) is 28.3 Å². The first kappa shape index (κ1) is 37.8. The maximum Gasteiger partial charge on any atom is 0.426 e. The van der Waals surface area contributed by atoms with E-state index in [1.807, 2.05) is 128 Å². The number of urea groups is 1. The van der Waals surface area contributed by atoms with Gasteiger partial charge in [-0.25, -0.2) is 25.0 Å². The summed E-state index contributed by atoms with van der Waals surface area (Å²) in [6.07, 6.45) is 0.175. The van der Waals surface area contributed by atoms with Gasteiger partial charge in [0.2, 0.25) is 0 Å². The monoisotopic (exact) mass is 750 g/mol. The molecule has 0 unspecified atom stereocenters. The van der Waals surface area contributed by atoms with Crippen molar-refractivity contribution in [1.29, 1.82) is 0 Å². The molecule has 2 aliphatic rings. The van der Waals surface area contributed by atoms with E-state index in [1.165, 1.54) is 14.9 Å². The van der Waals surface area contributed by atoms with Gasteiger partial charge in [-0.05, 0) is 58.7 Å². The normalized spacial score (nSPS) is 14.4.